The van der Waals surface area contributed by atoms with Gasteiger partial charge in [-0.25, -0.2) is 9.98 Å². The molecule has 1 heterocycles. The molecule has 1 spiro atoms. The van der Waals surface area contributed by atoms with E-state index in [9.17, 15) is 9.90 Å². The molecule has 4 rings (SSSR count). The highest BCUT2D eigenvalue weighted by Gasteiger charge is 2.49. The number of hydrogen-bond donors (Lipinski definition) is 1. The molecular formula is C23H24ClN3O2S. The van der Waals surface area contributed by atoms with Crippen LogP contribution in [0.3, 0.4) is 0 Å². The summed E-state index contributed by atoms with van der Waals surface area (Å²) >= 11 is 7.55. The van der Waals surface area contributed by atoms with Crippen LogP contribution in [0.4, 0.5) is 11.4 Å². The van der Waals surface area contributed by atoms with Gasteiger partial charge in [-0.2, -0.15) is 0 Å². The lowest BCUT2D eigenvalue weighted by molar-refractivity contribution is -0.133. The number of anilines is 1. The smallest absolute Gasteiger partial charge is 0.313 e. The Bertz CT molecular complexity index is 998. The van der Waals surface area contributed by atoms with Crippen LogP contribution in [-0.4, -0.2) is 33.4 Å². The van der Waals surface area contributed by atoms with Crippen molar-refractivity contribution in [1.29, 1.82) is 0 Å². The zero-order valence-corrected chi connectivity index (χ0v) is 18.4. The SMILES string of the molecule is Cc1ccc(N=C2N=C(SCC(=O)O)N(c3cccc(Cl)c3)C23CCCCC3)cc1. The number of nitrogens with zero attached hydrogens (tertiary/aromatic N) is 3. The Hall–Kier alpha value is -2.31. The molecule has 0 aromatic heterocycles. The van der Waals surface area contributed by atoms with Crippen molar-refractivity contribution >= 4 is 51.7 Å². The topological polar surface area (TPSA) is 65.3 Å². The summed E-state index contributed by atoms with van der Waals surface area (Å²) < 4.78 is 0. The van der Waals surface area contributed by atoms with Gasteiger partial charge in [0.05, 0.1) is 11.4 Å². The molecule has 0 atom stereocenters. The van der Waals surface area contributed by atoms with Crippen molar-refractivity contribution in [1.82, 2.24) is 0 Å². The van der Waals surface area contributed by atoms with Gasteiger partial charge in [-0.15, -0.1) is 0 Å². The Kier molecular flexibility index (Phi) is 6.16. The van der Waals surface area contributed by atoms with Crippen LogP contribution < -0.4 is 4.90 Å². The molecule has 0 radical (unpaired) electrons. The predicted octanol–water partition coefficient (Wildman–Crippen LogP) is 6.08. The van der Waals surface area contributed by atoms with Crippen LogP contribution in [0.15, 0.2) is 58.5 Å². The van der Waals surface area contributed by atoms with Crippen molar-refractivity contribution in [3.63, 3.8) is 0 Å². The monoisotopic (exact) mass is 441 g/mol. The highest BCUT2D eigenvalue weighted by molar-refractivity contribution is 8.14. The number of aryl methyl sites for hydroxylation is 1. The number of aliphatic carboxylic acids is 1. The van der Waals surface area contributed by atoms with Crippen LogP contribution in [0.25, 0.3) is 0 Å². The number of rotatable bonds is 4. The molecular weight excluding hydrogens is 418 g/mol. The fourth-order valence-corrected chi connectivity index (χ4v) is 5.18. The first-order valence-corrected chi connectivity index (χ1v) is 11.5. The highest BCUT2D eigenvalue weighted by atomic mass is 35.5. The fraction of sp³-hybridized carbons (Fsp3) is 0.348. The number of hydrogen-bond acceptors (Lipinski definition) is 4. The third-order valence-corrected chi connectivity index (χ3v) is 6.74. The molecule has 5 nitrogen and oxygen atoms in total. The van der Waals surface area contributed by atoms with Crippen LogP contribution in [-0.2, 0) is 4.79 Å². The molecule has 156 valence electrons. The minimum absolute atomic E-state index is 0.0518. The molecule has 1 aliphatic heterocycles. The van der Waals surface area contributed by atoms with Crippen molar-refractivity contribution in [2.24, 2.45) is 9.98 Å². The maximum absolute atomic E-state index is 11.3. The normalized spacial score (nSPS) is 19.3. The van der Waals surface area contributed by atoms with Crippen molar-refractivity contribution in [2.45, 2.75) is 44.6 Å². The van der Waals surface area contributed by atoms with Gasteiger partial charge in [-0.1, -0.05) is 66.4 Å². The highest BCUT2D eigenvalue weighted by Crippen LogP contribution is 2.45. The van der Waals surface area contributed by atoms with E-state index in [1.807, 2.05) is 48.5 Å². The van der Waals surface area contributed by atoms with Gasteiger partial charge in [-0.05, 0) is 50.1 Å². The Morgan fingerprint density at radius 3 is 2.60 bits per heavy atom. The largest absolute Gasteiger partial charge is 0.481 e. The van der Waals surface area contributed by atoms with Crippen LogP contribution in [0.1, 0.15) is 37.7 Å². The lowest BCUT2D eigenvalue weighted by Crippen LogP contribution is -2.52. The Morgan fingerprint density at radius 1 is 1.20 bits per heavy atom. The number of aliphatic imine (C=N–C) groups is 2. The molecule has 1 saturated carbocycles. The number of carboxylic acid groups (broad SMARTS) is 1. The third kappa shape index (κ3) is 4.25. The van der Waals surface area contributed by atoms with E-state index in [4.69, 9.17) is 21.6 Å². The number of benzene rings is 2. The molecule has 0 amide bonds. The lowest BCUT2D eigenvalue weighted by atomic mass is 9.79. The summed E-state index contributed by atoms with van der Waals surface area (Å²) in [5.41, 5.74) is 2.59. The quantitative estimate of drug-likeness (QED) is 0.624. The Balaban J connectivity index is 1.83. The van der Waals surface area contributed by atoms with Crippen molar-refractivity contribution in [2.75, 3.05) is 10.7 Å². The Labute approximate surface area is 185 Å². The van der Waals surface area contributed by atoms with Gasteiger partial charge in [-0.3, -0.25) is 4.79 Å². The molecule has 2 aliphatic rings. The summed E-state index contributed by atoms with van der Waals surface area (Å²) in [5, 5.41) is 10.6. The van der Waals surface area contributed by atoms with E-state index in [2.05, 4.69) is 11.8 Å². The van der Waals surface area contributed by atoms with Crippen molar-refractivity contribution in [3.05, 3.63) is 59.1 Å². The first-order valence-electron chi connectivity index (χ1n) is 10.1. The van der Waals surface area contributed by atoms with Crippen LogP contribution in [0.5, 0.6) is 0 Å². The van der Waals surface area contributed by atoms with Crippen LogP contribution in [0.2, 0.25) is 5.02 Å². The zero-order chi connectivity index (χ0) is 21.1. The number of thioether (sulfide) groups is 1. The number of amidine groups is 2. The predicted molar refractivity (Wildman–Crippen MR) is 126 cm³/mol. The summed E-state index contributed by atoms with van der Waals surface area (Å²) in [7, 11) is 0. The second kappa shape index (κ2) is 8.82. The second-order valence-corrected chi connectivity index (χ2v) is 9.13. The van der Waals surface area contributed by atoms with Gasteiger partial charge < -0.3 is 10.0 Å². The van der Waals surface area contributed by atoms with E-state index in [-0.39, 0.29) is 11.3 Å². The van der Waals surface area contributed by atoms with E-state index in [1.165, 1.54) is 23.7 Å². The molecule has 1 fully saturated rings. The van der Waals surface area contributed by atoms with E-state index < -0.39 is 5.97 Å². The minimum atomic E-state index is -0.865. The number of carboxylic acids is 1. The molecule has 0 unspecified atom stereocenters. The van der Waals surface area contributed by atoms with Gasteiger partial charge in [0.15, 0.2) is 11.0 Å². The summed E-state index contributed by atoms with van der Waals surface area (Å²) in [4.78, 5) is 23.3. The Morgan fingerprint density at radius 2 is 1.93 bits per heavy atom. The lowest BCUT2D eigenvalue weighted by Gasteiger charge is -2.42. The second-order valence-electron chi connectivity index (χ2n) is 7.76. The summed E-state index contributed by atoms with van der Waals surface area (Å²) in [6, 6.07) is 15.8. The summed E-state index contributed by atoms with van der Waals surface area (Å²) in [6.07, 6.45) is 5.18. The average molecular weight is 442 g/mol. The van der Waals surface area contributed by atoms with Gasteiger partial charge >= 0.3 is 5.97 Å². The zero-order valence-electron chi connectivity index (χ0n) is 16.8. The van der Waals surface area contributed by atoms with Gasteiger partial charge in [0, 0.05) is 10.7 Å². The van der Waals surface area contributed by atoms with E-state index >= 15 is 0 Å². The maximum Gasteiger partial charge on any atom is 0.313 e. The standard InChI is InChI=1S/C23H24ClN3O2S/c1-16-8-10-18(11-9-16)25-21-23(12-3-2-4-13-23)27(19-7-5-6-17(24)14-19)22(26-21)30-15-20(28)29/h5-11,14H,2-4,12-13,15H2,1H3,(H,28,29). The summed E-state index contributed by atoms with van der Waals surface area (Å²) in [6.45, 7) is 2.05. The first kappa shape index (κ1) is 20.9. The number of carbonyl (C=O) groups is 1. The molecule has 2 aromatic carbocycles. The van der Waals surface area contributed by atoms with E-state index in [1.54, 1.807) is 0 Å². The van der Waals surface area contributed by atoms with Crippen LogP contribution >= 0.6 is 23.4 Å². The van der Waals surface area contributed by atoms with Gasteiger partial charge in [0.2, 0.25) is 0 Å². The molecule has 2 aromatic rings. The fourth-order valence-electron chi connectivity index (χ4n) is 4.18. The first-order chi connectivity index (χ1) is 14.5. The van der Waals surface area contributed by atoms with Crippen molar-refractivity contribution < 1.29 is 9.90 Å². The molecule has 0 saturated heterocycles. The van der Waals surface area contributed by atoms with Crippen LogP contribution in [0, 0.1) is 6.92 Å². The van der Waals surface area contributed by atoms with Crippen molar-refractivity contribution in [3.8, 4) is 0 Å². The molecule has 1 aliphatic carbocycles. The average Bonchev–Trinajstić information content (AvgIpc) is 3.01. The van der Waals surface area contributed by atoms with E-state index in [0.29, 0.717) is 10.2 Å². The maximum atomic E-state index is 11.3. The molecule has 7 heteroatoms. The molecule has 1 N–H and O–H groups in total. The van der Waals surface area contributed by atoms with Gasteiger partial charge in [0.1, 0.15) is 5.54 Å². The molecule has 30 heavy (non-hydrogen) atoms. The van der Waals surface area contributed by atoms with Gasteiger partial charge in [0.25, 0.3) is 0 Å². The minimum Gasteiger partial charge on any atom is -0.481 e. The van der Waals surface area contributed by atoms with E-state index in [0.717, 1.165) is 42.9 Å². The number of halogens is 1. The third-order valence-electron chi connectivity index (χ3n) is 5.58. The summed E-state index contributed by atoms with van der Waals surface area (Å²) in [5.74, 6) is -0.154. The molecule has 0 bridgehead atoms.